The third-order valence-corrected chi connectivity index (χ3v) is 6.27. The predicted octanol–water partition coefficient (Wildman–Crippen LogP) is 3.09. The van der Waals surface area contributed by atoms with E-state index < -0.39 is 27.8 Å². The van der Waals surface area contributed by atoms with Crippen LogP contribution in [0, 0.1) is 0 Å². The minimum Gasteiger partial charge on any atom is -0.485 e. The minimum absolute atomic E-state index is 0.0210. The van der Waals surface area contributed by atoms with Gasteiger partial charge in [-0.3, -0.25) is 4.79 Å². The second-order valence-electron chi connectivity index (χ2n) is 7.01. The summed E-state index contributed by atoms with van der Waals surface area (Å²) in [5.41, 5.74) is -0.218. The first kappa shape index (κ1) is 19.8. The van der Waals surface area contributed by atoms with Gasteiger partial charge in [0.25, 0.3) is 0 Å². The molecule has 2 atom stereocenters. The van der Waals surface area contributed by atoms with Crippen LogP contribution in [0.4, 0.5) is 0 Å². The van der Waals surface area contributed by atoms with Gasteiger partial charge >= 0.3 is 0 Å². The average Bonchev–Trinajstić information content (AvgIpc) is 2.58. The molecule has 1 aliphatic rings. The van der Waals surface area contributed by atoms with Crippen LogP contribution in [0.2, 0.25) is 5.02 Å². The van der Waals surface area contributed by atoms with Crippen LogP contribution in [-0.4, -0.2) is 31.0 Å². The molecular weight excluding hydrogens is 390 g/mol. The first-order valence-electron chi connectivity index (χ1n) is 8.31. The highest BCUT2D eigenvalue weighted by Crippen LogP contribution is 2.41. The standard InChI is InChI=1S/C19H20ClNO5S/c1-11(22)12-4-9-16-15(10-12)17(18(23)19(2,3)26-16)21-27(24,25)14-7-5-13(20)6-8-14/h4-10,17-18,21,23H,1-3H3/t17-,18+/m1/s1. The number of aliphatic hydroxyl groups is 1. The van der Waals surface area contributed by atoms with Gasteiger partial charge in [0.15, 0.2) is 5.78 Å². The van der Waals surface area contributed by atoms with E-state index >= 15 is 0 Å². The number of nitrogens with one attached hydrogen (secondary N) is 1. The zero-order chi connectivity index (χ0) is 20.0. The van der Waals surface area contributed by atoms with E-state index in [0.29, 0.717) is 21.9 Å². The zero-order valence-corrected chi connectivity index (χ0v) is 16.6. The average molecular weight is 410 g/mol. The molecule has 8 heteroatoms. The van der Waals surface area contributed by atoms with Crippen molar-refractivity contribution < 1.29 is 23.1 Å². The van der Waals surface area contributed by atoms with Crippen molar-refractivity contribution in [2.24, 2.45) is 0 Å². The third kappa shape index (κ3) is 3.87. The van der Waals surface area contributed by atoms with Gasteiger partial charge in [-0.05, 0) is 63.2 Å². The lowest BCUT2D eigenvalue weighted by Crippen LogP contribution is -2.53. The van der Waals surface area contributed by atoms with Crippen LogP contribution in [0.15, 0.2) is 47.4 Å². The second-order valence-corrected chi connectivity index (χ2v) is 9.16. The number of Topliss-reactive ketones (excluding diaryl/α,β-unsaturated/α-hetero) is 1. The minimum atomic E-state index is -3.94. The van der Waals surface area contributed by atoms with E-state index in [0.717, 1.165) is 0 Å². The van der Waals surface area contributed by atoms with Crippen LogP contribution >= 0.6 is 11.6 Å². The molecule has 0 radical (unpaired) electrons. The lowest BCUT2D eigenvalue weighted by atomic mass is 9.86. The van der Waals surface area contributed by atoms with E-state index in [9.17, 15) is 18.3 Å². The Morgan fingerprint density at radius 3 is 2.41 bits per heavy atom. The van der Waals surface area contributed by atoms with Gasteiger partial charge in [-0.15, -0.1) is 0 Å². The Labute approximate surface area is 163 Å². The molecule has 0 saturated heterocycles. The Bertz CT molecular complexity index is 986. The molecule has 2 aromatic carbocycles. The molecule has 0 amide bonds. The summed E-state index contributed by atoms with van der Waals surface area (Å²) in [5.74, 6) is 0.246. The number of ketones is 1. The number of carbonyl (C=O) groups excluding carboxylic acids is 1. The quantitative estimate of drug-likeness (QED) is 0.757. The van der Waals surface area contributed by atoms with E-state index in [1.807, 2.05) is 0 Å². The zero-order valence-electron chi connectivity index (χ0n) is 15.1. The van der Waals surface area contributed by atoms with Crippen molar-refractivity contribution in [3.8, 4) is 5.75 Å². The van der Waals surface area contributed by atoms with Crippen molar-refractivity contribution in [2.45, 2.75) is 43.4 Å². The summed E-state index contributed by atoms with van der Waals surface area (Å²) >= 11 is 5.82. The number of ether oxygens (including phenoxy) is 1. The number of aliphatic hydroxyl groups excluding tert-OH is 1. The van der Waals surface area contributed by atoms with Gasteiger partial charge in [0.05, 0.1) is 10.9 Å². The number of halogens is 1. The Hall–Kier alpha value is -1.93. The summed E-state index contributed by atoms with van der Waals surface area (Å²) in [7, 11) is -3.94. The maximum Gasteiger partial charge on any atom is 0.241 e. The summed E-state index contributed by atoms with van der Waals surface area (Å²) in [4.78, 5) is 11.8. The van der Waals surface area contributed by atoms with Gasteiger partial charge in [-0.25, -0.2) is 13.1 Å². The SMILES string of the molecule is CC(=O)c1ccc2c(c1)[C@@H](NS(=O)(=O)c1ccc(Cl)cc1)[C@H](O)C(C)(C)O2. The van der Waals surface area contributed by atoms with Gasteiger partial charge in [-0.1, -0.05) is 11.6 Å². The van der Waals surface area contributed by atoms with Crippen LogP contribution in [0.25, 0.3) is 0 Å². The van der Waals surface area contributed by atoms with E-state index in [1.165, 1.54) is 31.2 Å². The molecule has 1 heterocycles. The topological polar surface area (TPSA) is 92.7 Å². The molecule has 2 aromatic rings. The second kappa shape index (κ2) is 6.91. The monoisotopic (exact) mass is 409 g/mol. The van der Waals surface area contributed by atoms with Crippen LogP contribution in [0.3, 0.4) is 0 Å². The largest absolute Gasteiger partial charge is 0.485 e. The highest BCUT2D eigenvalue weighted by atomic mass is 35.5. The van der Waals surface area contributed by atoms with Crippen LogP contribution < -0.4 is 9.46 Å². The molecule has 0 aliphatic carbocycles. The van der Waals surface area contributed by atoms with E-state index in [4.69, 9.17) is 16.3 Å². The fourth-order valence-electron chi connectivity index (χ4n) is 3.00. The smallest absolute Gasteiger partial charge is 0.241 e. The van der Waals surface area contributed by atoms with Crippen LogP contribution in [0.5, 0.6) is 5.75 Å². The van der Waals surface area contributed by atoms with Crippen molar-refractivity contribution in [1.82, 2.24) is 4.72 Å². The maximum absolute atomic E-state index is 12.8. The van der Waals surface area contributed by atoms with Crippen molar-refractivity contribution >= 4 is 27.4 Å². The van der Waals surface area contributed by atoms with Crippen molar-refractivity contribution in [3.05, 3.63) is 58.6 Å². The van der Waals surface area contributed by atoms with Gasteiger partial charge in [-0.2, -0.15) is 0 Å². The fraction of sp³-hybridized carbons (Fsp3) is 0.316. The number of fused-ring (bicyclic) bond motifs is 1. The molecule has 6 nitrogen and oxygen atoms in total. The summed E-state index contributed by atoms with van der Waals surface area (Å²) in [6, 6.07) is 9.50. The number of hydrogen-bond acceptors (Lipinski definition) is 5. The Morgan fingerprint density at radius 1 is 1.19 bits per heavy atom. The van der Waals surface area contributed by atoms with Gasteiger partial charge in [0.1, 0.15) is 17.5 Å². The molecule has 0 aromatic heterocycles. The molecule has 27 heavy (non-hydrogen) atoms. The van der Waals surface area contributed by atoms with Gasteiger partial charge < -0.3 is 9.84 Å². The number of sulfonamides is 1. The molecule has 0 saturated carbocycles. The molecule has 1 aliphatic heterocycles. The third-order valence-electron chi connectivity index (χ3n) is 4.56. The highest BCUT2D eigenvalue weighted by molar-refractivity contribution is 7.89. The normalized spacial score (nSPS) is 21.2. The first-order valence-corrected chi connectivity index (χ1v) is 10.2. The molecule has 2 N–H and O–H groups in total. The van der Waals surface area contributed by atoms with Crippen LogP contribution in [0.1, 0.15) is 42.7 Å². The van der Waals surface area contributed by atoms with Crippen molar-refractivity contribution in [2.75, 3.05) is 0 Å². The molecule has 144 valence electrons. The predicted molar refractivity (Wildman–Crippen MR) is 102 cm³/mol. The van der Waals surface area contributed by atoms with Gasteiger partial charge in [0, 0.05) is 16.1 Å². The number of carbonyl (C=O) groups is 1. The molecule has 0 fully saturated rings. The Balaban J connectivity index is 2.06. The fourth-order valence-corrected chi connectivity index (χ4v) is 4.34. The Kier molecular flexibility index (Phi) is 5.07. The Morgan fingerprint density at radius 2 is 1.81 bits per heavy atom. The van der Waals surface area contributed by atoms with E-state index in [2.05, 4.69) is 4.72 Å². The summed E-state index contributed by atoms with van der Waals surface area (Å²) < 4.78 is 34.0. The molecule has 0 bridgehead atoms. The number of rotatable bonds is 4. The molecule has 0 unspecified atom stereocenters. The van der Waals surface area contributed by atoms with E-state index in [-0.39, 0.29) is 10.7 Å². The molecule has 0 spiro atoms. The van der Waals surface area contributed by atoms with Gasteiger partial charge in [0.2, 0.25) is 10.0 Å². The highest BCUT2D eigenvalue weighted by Gasteiger charge is 2.44. The molecular formula is C19H20ClNO5S. The number of hydrogen-bond donors (Lipinski definition) is 2. The first-order chi connectivity index (χ1) is 12.5. The van der Waals surface area contributed by atoms with Crippen molar-refractivity contribution in [3.63, 3.8) is 0 Å². The summed E-state index contributed by atoms with van der Waals surface area (Å²) in [6.07, 6.45) is -1.17. The van der Waals surface area contributed by atoms with Crippen LogP contribution in [-0.2, 0) is 10.0 Å². The summed E-state index contributed by atoms with van der Waals surface area (Å²) in [6.45, 7) is 4.75. The van der Waals surface area contributed by atoms with Crippen molar-refractivity contribution in [1.29, 1.82) is 0 Å². The molecule has 3 rings (SSSR count). The lowest BCUT2D eigenvalue weighted by molar-refractivity contribution is -0.0603. The summed E-state index contributed by atoms with van der Waals surface area (Å²) in [5, 5.41) is 11.2. The maximum atomic E-state index is 12.8. The van der Waals surface area contributed by atoms with E-state index in [1.54, 1.807) is 32.0 Å². The number of benzene rings is 2. The lowest BCUT2D eigenvalue weighted by Gasteiger charge is -2.42.